The summed E-state index contributed by atoms with van der Waals surface area (Å²) in [4.78, 5) is 13.2. The minimum atomic E-state index is -3.85. The second-order valence-corrected chi connectivity index (χ2v) is 10.4. The first kappa shape index (κ1) is 23.4. The zero-order valence-corrected chi connectivity index (χ0v) is 20.0. The Labute approximate surface area is 195 Å². The standard InChI is InChI=1S/C24H31N5O3S/c1-3-14-28-22-13-12-20(16-21(22)26-27-28)33(31,32)29-15-6-5-7-23(29)24(30)25-17-19-10-8-18(4-2)9-11-19/h8-13,16,23H,3-7,14-15,17H2,1-2H3,(H,25,30)/t23-/m0/s1. The molecule has 8 nitrogen and oxygen atoms in total. The van der Waals surface area contributed by atoms with Crippen LogP contribution in [0.1, 0.15) is 50.7 Å². The van der Waals surface area contributed by atoms with Gasteiger partial charge in [-0.1, -0.05) is 49.7 Å². The number of hydrogen-bond acceptors (Lipinski definition) is 5. The molecule has 33 heavy (non-hydrogen) atoms. The molecule has 0 radical (unpaired) electrons. The summed E-state index contributed by atoms with van der Waals surface area (Å²) in [5, 5.41) is 11.2. The molecule has 1 aromatic heterocycles. The van der Waals surface area contributed by atoms with Gasteiger partial charge in [0.05, 0.1) is 10.4 Å². The van der Waals surface area contributed by atoms with Gasteiger partial charge in [0.1, 0.15) is 11.6 Å². The molecular weight excluding hydrogens is 438 g/mol. The molecule has 1 saturated heterocycles. The number of carbonyl (C=O) groups excluding carboxylic acids is 1. The number of aryl methyl sites for hydroxylation is 2. The minimum absolute atomic E-state index is 0.147. The smallest absolute Gasteiger partial charge is 0.243 e. The quantitative estimate of drug-likeness (QED) is 0.546. The Bertz CT molecular complexity index is 1220. The summed E-state index contributed by atoms with van der Waals surface area (Å²) in [5.74, 6) is -0.257. The number of nitrogens with one attached hydrogen (secondary N) is 1. The number of aromatic nitrogens is 3. The van der Waals surface area contributed by atoms with Gasteiger partial charge in [-0.15, -0.1) is 5.10 Å². The molecule has 9 heteroatoms. The number of rotatable bonds is 8. The molecule has 4 rings (SSSR count). The maximum Gasteiger partial charge on any atom is 0.243 e. The number of amides is 1. The Balaban J connectivity index is 1.52. The number of nitrogens with zero attached hydrogens (tertiary/aromatic N) is 4. The monoisotopic (exact) mass is 469 g/mol. The molecule has 0 aliphatic carbocycles. The molecule has 1 N–H and O–H groups in total. The molecule has 0 spiro atoms. The highest BCUT2D eigenvalue weighted by molar-refractivity contribution is 7.89. The van der Waals surface area contributed by atoms with Crippen LogP contribution in [0.3, 0.4) is 0 Å². The summed E-state index contributed by atoms with van der Waals surface area (Å²) in [7, 11) is -3.85. The first-order valence-corrected chi connectivity index (χ1v) is 13.1. The summed E-state index contributed by atoms with van der Waals surface area (Å²) in [6, 6.07) is 12.3. The first-order valence-electron chi connectivity index (χ1n) is 11.6. The van der Waals surface area contributed by atoms with Gasteiger partial charge in [-0.3, -0.25) is 4.79 Å². The van der Waals surface area contributed by atoms with Crippen molar-refractivity contribution >= 4 is 27.0 Å². The summed E-state index contributed by atoms with van der Waals surface area (Å²) >= 11 is 0. The van der Waals surface area contributed by atoms with Crippen LogP contribution in [0.5, 0.6) is 0 Å². The maximum absolute atomic E-state index is 13.5. The summed E-state index contributed by atoms with van der Waals surface area (Å²) in [6.07, 6.45) is 3.93. The van der Waals surface area contributed by atoms with Gasteiger partial charge in [-0.05, 0) is 55.0 Å². The summed E-state index contributed by atoms with van der Waals surface area (Å²) in [5.41, 5.74) is 3.57. The molecule has 2 heterocycles. The molecule has 1 atom stereocenters. The van der Waals surface area contributed by atoms with Crippen LogP contribution in [-0.4, -0.2) is 46.2 Å². The third kappa shape index (κ3) is 4.94. The number of fused-ring (bicyclic) bond motifs is 1. The highest BCUT2D eigenvalue weighted by Gasteiger charge is 2.37. The highest BCUT2D eigenvalue weighted by atomic mass is 32.2. The molecule has 1 amide bonds. The average molecular weight is 470 g/mol. The van der Waals surface area contributed by atoms with Gasteiger partial charge in [-0.2, -0.15) is 4.31 Å². The van der Waals surface area contributed by atoms with Crippen molar-refractivity contribution in [1.29, 1.82) is 0 Å². The van der Waals surface area contributed by atoms with E-state index in [0.29, 0.717) is 25.0 Å². The fourth-order valence-electron chi connectivity index (χ4n) is 4.28. The fraction of sp³-hybridized carbons (Fsp3) is 0.458. The van der Waals surface area contributed by atoms with Crippen LogP contribution in [-0.2, 0) is 34.3 Å². The van der Waals surface area contributed by atoms with Crippen LogP contribution in [0.4, 0.5) is 0 Å². The second kappa shape index (κ2) is 10.0. The molecular formula is C24H31N5O3S. The molecule has 0 unspecified atom stereocenters. The molecule has 0 bridgehead atoms. The lowest BCUT2D eigenvalue weighted by Crippen LogP contribution is -2.51. The molecule has 1 aliphatic heterocycles. The van der Waals surface area contributed by atoms with Gasteiger partial charge in [-0.25, -0.2) is 13.1 Å². The average Bonchev–Trinajstić information content (AvgIpc) is 3.25. The lowest BCUT2D eigenvalue weighted by molar-refractivity contribution is -0.125. The van der Waals surface area contributed by atoms with E-state index in [9.17, 15) is 13.2 Å². The number of benzene rings is 2. The van der Waals surface area contributed by atoms with Crippen molar-refractivity contribution in [2.45, 2.75) is 70.0 Å². The van der Waals surface area contributed by atoms with E-state index in [2.05, 4.69) is 22.6 Å². The van der Waals surface area contributed by atoms with Crippen molar-refractivity contribution in [3.8, 4) is 0 Å². The number of piperidine rings is 1. The highest BCUT2D eigenvalue weighted by Crippen LogP contribution is 2.27. The molecule has 1 fully saturated rings. The van der Waals surface area contributed by atoms with Gasteiger partial charge < -0.3 is 5.32 Å². The molecule has 2 aromatic carbocycles. The van der Waals surface area contributed by atoms with E-state index >= 15 is 0 Å². The van der Waals surface area contributed by atoms with E-state index in [4.69, 9.17) is 0 Å². The van der Waals surface area contributed by atoms with Crippen LogP contribution in [0.25, 0.3) is 11.0 Å². The van der Waals surface area contributed by atoms with Crippen molar-refractivity contribution in [2.75, 3.05) is 6.54 Å². The van der Waals surface area contributed by atoms with Gasteiger partial charge in [0.2, 0.25) is 15.9 Å². The predicted octanol–water partition coefficient (Wildman–Crippen LogP) is 3.26. The van der Waals surface area contributed by atoms with E-state index in [1.807, 2.05) is 31.2 Å². The lowest BCUT2D eigenvalue weighted by Gasteiger charge is -2.33. The number of carbonyl (C=O) groups is 1. The predicted molar refractivity (Wildman–Crippen MR) is 127 cm³/mol. The molecule has 176 valence electrons. The largest absolute Gasteiger partial charge is 0.351 e. The minimum Gasteiger partial charge on any atom is -0.351 e. The van der Waals surface area contributed by atoms with Crippen molar-refractivity contribution in [2.24, 2.45) is 0 Å². The Morgan fingerprint density at radius 2 is 1.85 bits per heavy atom. The first-order chi connectivity index (χ1) is 15.9. The summed E-state index contributed by atoms with van der Waals surface area (Å²) < 4.78 is 30.2. The van der Waals surface area contributed by atoms with E-state index in [1.54, 1.807) is 22.9 Å². The molecule has 3 aromatic rings. The van der Waals surface area contributed by atoms with Crippen LogP contribution >= 0.6 is 0 Å². The third-order valence-electron chi connectivity index (χ3n) is 6.18. The van der Waals surface area contributed by atoms with Crippen molar-refractivity contribution in [3.63, 3.8) is 0 Å². The number of hydrogen-bond donors (Lipinski definition) is 1. The van der Waals surface area contributed by atoms with E-state index < -0.39 is 16.1 Å². The lowest BCUT2D eigenvalue weighted by atomic mass is 10.0. The van der Waals surface area contributed by atoms with Gasteiger partial charge in [0, 0.05) is 19.6 Å². The van der Waals surface area contributed by atoms with Gasteiger partial charge in [0.25, 0.3) is 0 Å². The fourth-order valence-corrected chi connectivity index (χ4v) is 5.96. The van der Waals surface area contributed by atoms with Crippen LogP contribution in [0, 0.1) is 0 Å². The Kier molecular flexibility index (Phi) is 7.09. The second-order valence-electron chi connectivity index (χ2n) is 8.48. The van der Waals surface area contributed by atoms with E-state index in [-0.39, 0.29) is 10.8 Å². The van der Waals surface area contributed by atoms with Gasteiger partial charge >= 0.3 is 0 Å². The van der Waals surface area contributed by atoms with Crippen molar-refractivity contribution < 1.29 is 13.2 Å². The molecule has 0 saturated carbocycles. The van der Waals surface area contributed by atoms with Crippen molar-refractivity contribution in [1.82, 2.24) is 24.6 Å². The van der Waals surface area contributed by atoms with E-state index in [0.717, 1.165) is 43.3 Å². The Morgan fingerprint density at radius 3 is 2.58 bits per heavy atom. The third-order valence-corrected chi connectivity index (χ3v) is 8.09. The van der Waals surface area contributed by atoms with Crippen LogP contribution in [0.2, 0.25) is 0 Å². The Morgan fingerprint density at radius 1 is 1.09 bits per heavy atom. The van der Waals surface area contributed by atoms with Crippen LogP contribution < -0.4 is 5.32 Å². The van der Waals surface area contributed by atoms with Crippen molar-refractivity contribution in [3.05, 3.63) is 53.6 Å². The SMILES string of the molecule is CCCn1nnc2cc(S(=O)(=O)N3CCCC[C@H]3C(=O)NCc3ccc(CC)cc3)ccc21. The normalized spacial score (nSPS) is 17.3. The number of sulfonamides is 1. The van der Waals surface area contributed by atoms with Gasteiger partial charge in [0.15, 0.2) is 0 Å². The zero-order valence-electron chi connectivity index (χ0n) is 19.2. The Hall–Kier alpha value is -2.78. The molecule has 1 aliphatic rings. The zero-order chi connectivity index (χ0) is 23.4. The van der Waals surface area contributed by atoms with E-state index in [1.165, 1.54) is 9.87 Å². The summed E-state index contributed by atoms with van der Waals surface area (Å²) in [6.45, 7) is 5.57. The topological polar surface area (TPSA) is 97.2 Å². The van der Waals surface area contributed by atoms with Crippen LogP contribution in [0.15, 0.2) is 47.4 Å². The maximum atomic E-state index is 13.5.